The van der Waals surface area contributed by atoms with Gasteiger partial charge in [-0.05, 0) is 17.5 Å². The summed E-state index contributed by atoms with van der Waals surface area (Å²) in [5, 5.41) is 10.3. The normalized spacial score (nSPS) is 20.4. The highest BCUT2D eigenvalue weighted by Crippen LogP contribution is 2.31. The van der Waals surface area contributed by atoms with Crippen LogP contribution in [0.15, 0.2) is 36.0 Å². The van der Waals surface area contributed by atoms with E-state index in [1.807, 2.05) is 18.3 Å². The van der Waals surface area contributed by atoms with Crippen molar-refractivity contribution in [3.63, 3.8) is 0 Å². The van der Waals surface area contributed by atoms with E-state index in [1.54, 1.807) is 16.8 Å². The van der Waals surface area contributed by atoms with Gasteiger partial charge >= 0.3 is 0 Å². The Balaban J connectivity index is 1.80. The molecule has 3 rings (SSSR count). The molecule has 0 aliphatic carbocycles. The molecule has 0 spiro atoms. The van der Waals surface area contributed by atoms with Crippen LogP contribution in [0.3, 0.4) is 0 Å². The fourth-order valence-corrected chi connectivity index (χ4v) is 3.05. The first kappa shape index (κ1) is 11.8. The molecule has 0 radical (unpaired) electrons. The summed E-state index contributed by atoms with van der Waals surface area (Å²) >= 11 is 1.57. The van der Waals surface area contributed by atoms with E-state index in [0.29, 0.717) is 13.0 Å². The molecule has 4 heteroatoms. The van der Waals surface area contributed by atoms with Crippen LogP contribution >= 0.6 is 11.3 Å². The largest absolute Gasteiger partial charge is 0.390 e. The lowest BCUT2D eigenvalue weighted by Crippen LogP contribution is -2.28. The number of thiazole rings is 1. The van der Waals surface area contributed by atoms with Gasteiger partial charge in [0.15, 0.2) is 0 Å². The highest BCUT2D eigenvalue weighted by atomic mass is 32.1. The lowest BCUT2D eigenvalue weighted by atomic mass is 9.93. The molecule has 0 fully saturated rings. The number of nitrogens with zero attached hydrogens (tertiary/aromatic N) is 1. The third kappa shape index (κ3) is 2.32. The fourth-order valence-electron chi connectivity index (χ4n) is 2.40. The summed E-state index contributed by atoms with van der Waals surface area (Å²) in [6.07, 6.45) is 2.62. The van der Waals surface area contributed by atoms with Crippen LogP contribution in [0.25, 0.3) is 0 Å². The molecular weight excluding hydrogens is 246 g/mol. The van der Waals surface area contributed by atoms with Gasteiger partial charge in [0, 0.05) is 17.5 Å². The predicted molar refractivity (Wildman–Crippen MR) is 70.7 cm³/mol. The van der Waals surface area contributed by atoms with Gasteiger partial charge in [-0.1, -0.05) is 24.3 Å². The van der Waals surface area contributed by atoms with E-state index in [4.69, 9.17) is 4.74 Å². The second-order valence-electron chi connectivity index (χ2n) is 4.48. The summed E-state index contributed by atoms with van der Waals surface area (Å²) in [4.78, 5) is 5.12. The van der Waals surface area contributed by atoms with Gasteiger partial charge in [-0.15, -0.1) is 11.3 Å². The average Bonchev–Trinajstić information content (AvgIpc) is 2.91. The summed E-state index contributed by atoms with van der Waals surface area (Å²) < 4.78 is 5.75. The van der Waals surface area contributed by atoms with Crippen molar-refractivity contribution < 1.29 is 9.84 Å². The summed E-state index contributed by atoms with van der Waals surface area (Å²) in [5.41, 5.74) is 4.20. The molecule has 1 aromatic carbocycles. The van der Waals surface area contributed by atoms with Crippen LogP contribution in [0.2, 0.25) is 0 Å². The molecule has 0 saturated heterocycles. The standard InChI is InChI=1S/C14H15NO2S/c16-13(7-11-8-15-9-18-11)14-12-4-2-1-3-10(12)5-6-17-14/h1-4,8-9,13-14,16H,5-7H2. The minimum absolute atomic E-state index is 0.211. The van der Waals surface area contributed by atoms with Crippen LogP contribution in [0.5, 0.6) is 0 Å². The van der Waals surface area contributed by atoms with Gasteiger partial charge in [0.2, 0.25) is 0 Å². The number of aromatic nitrogens is 1. The zero-order valence-electron chi connectivity index (χ0n) is 9.95. The lowest BCUT2D eigenvalue weighted by Gasteiger charge is -2.29. The molecule has 94 valence electrons. The lowest BCUT2D eigenvalue weighted by molar-refractivity contribution is -0.0458. The minimum Gasteiger partial charge on any atom is -0.390 e. The van der Waals surface area contributed by atoms with Gasteiger partial charge < -0.3 is 9.84 Å². The first-order valence-corrected chi connectivity index (χ1v) is 6.97. The van der Waals surface area contributed by atoms with E-state index in [-0.39, 0.29) is 6.10 Å². The van der Waals surface area contributed by atoms with Crippen molar-refractivity contribution in [3.8, 4) is 0 Å². The number of hydrogen-bond donors (Lipinski definition) is 1. The molecule has 3 nitrogen and oxygen atoms in total. The number of ether oxygens (including phenoxy) is 1. The molecule has 1 N–H and O–H groups in total. The van der Waals surface area contributed by atoms with Crippen LogP contribution in [-0.2, 0) is 17.6 Å². The minimum atomic E-state index is -0.508. The van der Waals surface area contributed by atoms with Crippen molar-refractivity contribution in [1.29, 1.82) is 0 Å². The van der Waals surface area contributed by atoms with Crippen molar-refractivity contribution in [2.24, 2.45) is 0 Å². The van der Waals surface area contributed by atoms with Crippen molar-refractivity contribution in [2.45, 2.75) is 25.0 Å². The Labute approximate surface area is 110 Å². The van der Waals surface area contributed by atoms with Gasteiger partial charge in [0.25, 0.3) is 0 Å². The zero-order chi connectivity index (χ0) is 12.4. The Morgan fingerprint density at radius 1 is 1.44 bits per heavy atom. The average molecular weight is 261 g/mol. The Morgan fingerprint density at radius 3 is 3.17 bits per heavy atom. The molecule has 0 saturated carbocycles. The summed E-state index contributed by atoms with van der Waals surface area (Å²) in [7, 11) is 0. The molecule has 0 amide bonds. The Hall–Kier alpha value is -1.23. The third-order valence-electron chi connectivity index (χ3n) is 3.27. The number of aliphatic hydroxyl groups is 1. The van der Waals surface area contributed by atoms with E-state index in [2.05, 4.69) is 17.1 Å². The number of hydrogen-bond acceptors (Lipinski definition) is 4. The summed E-state index contributed by atoms with van der Waals surface area (Å²) in [5.74, 6) is 0. The molecule has 0 bridgehead atoms. The van der Waals surface area contributed by atoms with Gasteiger partial charge in [0.05, 0.1) is 18.2 Å². The van der Waals surface area contributed by atoms with Crippen molar-refractivity contribution in [3.05, 3.63) is 52.0 Å². The summed E-state index contributed by atoms with van der Waals surface area (Å²) in [6, 6.07) is 8.20. The predicted octanol–water partition coefficient (Wildman–Crippen LogP) is 2.36. The maximum absolute atomic E-state index is 10.3. The van der Waals surface area contributed by atoms with Crippen LogP contribution in [-0.4, -0.2) is 22.8 Å². The van der Waals surface area contributed by atoms with Gasteiger partial charge in [-0.2, -0.15) is 0 Å². The van der Waals surface area contributed by atoms with E-state index < -0.39 is 6.10 Å². The van der Waals surface area contributed by atoms with Crippen LogP contribution in [0, 0.1) is 0 Å². The molecule has 2 aromatic rings. The first-order chi connectivity index (χ1) is 8.84. The molecule has 2 unspecified atom stereocenters. The number of rotatable bonds is 3. The van der Waals surface area contributed by atoms with Crippen LogP contribution in [0.4, 0.5) is 0 Å². The quantitative estimate of drug-likeness (QED) is 0.922. The number of benzene rings is 1. The maximum atomic E-state index is 10.3. The zero-order valence-corrected chi connectivity index (χ0v) is 10.8. The summed E-state index contributed by atoms with van der Waals surface area (Å²) in [6.45, 7) is 0.682. The van der Waals surface area contributed by atoms with E-state index in [1.165, 1.54) is 5.56 Å². The Bertz CT molecular complexity index is 512. The second-order valence-corrected chi connectivity index (χ2v) is 5.45. The van der Waals surface area contributed by atoms with Gasteiger partial charge in [-0.3, -0.25) is 4.98 Å². The van der Waals surface area contributed by atoms with E-state index in [9.17, 15) is 5.11 Å². The second kappa shape index (κ2) is 5.18. The molecule has 2 heterocycles. The monoisotopic (exact) mass is 261 g/mol. The van der Waals surface area contributed by atoms with Crippen LogP contribution in [0.1, 0.15) is 22.1 Å². The van der Waals surface area contributed by atoms with E-state index >= 15 is 0 Å². The molecule has 2 atom stereocenters. The fraction of sp³-hybridized carbons (Fsp3) is 0.357. The topological polar surface area (TPSA) is 42.4 Å². The Morgan fingerprint density at radius 2 is 2.33 bits per heavy atom. The third-order valence-corrected chi connectivity index (χ3v) is 4.08. The Kier molecular flexibility index (Phi) is 3.41. The number of fused-ring (bicyclic) bond motifs is 1. The van der Waals surface area contributed by atoms with Gasteiger partial charge in [0.1, 0.15) is 6.10 Å². The van der Waals surface area contributed by atoms with Crippen molar-refractivity contribution in [1.82, 2.24) is 4.98 Å². The highest BCUT2D eigenvalue weighted by molar-refractivity contribution is 7.09. The SMILES string of the molecule is OC(Cc1cncs1)C1OCCc2ccccc21. The molecule has 18 heavy (non-hydrogen) atoms. The van der Waals surface area contributed by atoms with Crippen molar-refractivity contribution >= 4 is 11.3 Å². The van der Waals surface area contributed by atoms with E-state index in [0.717, 1.165) is 16.9 Å². The number of aliphatic hydroxyl groups excluding tert-OH is 1. The smallest absolute Gasteiger partial charge is 0.109 e. The van der Waals surface area contributed by atoms with Crippen LogP contribution < -0.4 is 0 Å². The molecule has 1 aliphatic heterocycles. The molecule has 1 aliphatic rings. The highest BCUT2D eigenvalue weighted by Gasteiger charge is 2.27. The maximum Gasteiger partial charge on any atom is 0.109 e. The molecular formula is C14H15NO2S. The van der Waals surface area contributed by atoms with Crippen molar-refractivity contribution in [2.75, 3.05) is 6.61 Å². The first-order valence-electron chi connectivity index (χ1n) is 6.09. The molecule has 1 aromatic heterocycles. The van der Waals surface area contributed by atoms with Gasteiger partial charge in [-0.25, -0.2) is 0 Å².